The van der Waals surface area contributed by atoms with Crippen molar-refractivity contribution < 1.29 is 4.79 Å². The maximum atomic E-state index is 12.0. The van der Waals surface area contributed by atoms with Crippen LogP contribution in [0.3, 0.4) is 0 Å². The number of carbonyl (C=O) groups excluding carboxylic acids is 1. The van der Waals surface area contributed by atoms with E-state index in [-0.39, 0.29) is 17.9 Å². The number of primary amides is 1. The van der Waals surface area contributed by atoms with Gasteiger partial charge in [-0.3, -0.25) is 9.69 Å². The van der Waals surface area contributed by atoms with Gasteiger partial charge in [-0.25, -0.2) is 0 Å². The molecule has 1 aromatic carbocycles. The second-order valence-electron chi connectivity index (χ2n) is 7.67. The van der Waals surface area contributed by atoms with Crippen LogP contribution < -0.4 is 5.73 Å². The van der Waals surface area contributed by atoms with Gasteiger partial charge in [0, 0.05) is 36.2 Å². The second kappa shape index (κ2) is 6.44. The van der Waals surface area contributed by atoms with Crippen molar-refractivity contribution in [3.63, 3.8) is 0 Å². The van der Waals surface area contributed by atoms with Crippen molar-refractivity contribution in [2.45, 2.75) is 38.6 Å². The maximum absolute atomic E-state index is 12.0. The smallest absolute Gasteiger partial charge is 0.225 e. The molecule has 0 spiro atoms. The fourth-order valence-electron chi connectivity index (χ4n) is 4.61. The van der Waals surface area contributed by atoms with E-state index in [2.05, 4.69) is 54.7 Å². The summed E-state index contributed by atoms with van der Waals surface area (Å²) in [6.07, 6.45) is 8.26. The van der Waals surface area contributed by atoms with Crippen LogP contribution in [0.5, 0.6) is 0 Å². The molecule has 136 valence electrons. The summed E-state index contributed by atoms with van der Waals surface area (Å²) in [5, 5.41) is 1.33. The Bertz CT molecular complexity index is 907. The van der Waals surface area contributed by atoms with E-state index in [1.54, 1.807) is 0 Å². The fraction of sp³-hybridized carbons (Fsp3) is 0.409. The molecule has 2 aliphatic rings. The Labute approximate surface area is 154 Å². The molecule has 1 aliphatic carbocycles. The molecule has 4 nitrogen and oxygen atoms in total. The van der Waals surface area contributed by atoms with Crippen LogP contribution in [0.1, 0.15) is 42.9 Å². The van der Waals surface area contributed by atoms with Crippen molar-refractivity contribution in [1.82, 2.24) is 9.88 Å². The number of rotatable bonds is 5. The Morgan fingerprint density at radius 1 is 1.50 bits per heavy atom. The van der Waals surface area contributed by atoms with Gasteiger partial charge >= 0.3 is 0 Å². The van der Waals surface area contributed by atoms with Crippen molar-refractivity contribution in [1.29, 1.82) is 0 Å². The number of aromatic amines is 1. The molecule has 0 fully saturated rings. The largest absolute Gasteiger partial charge is 0.369 e. The van der Waals surface area contributed by atoms with Gasteiger partial charge in [0.1, 0.15) is 0 Å². The molecular weight excluding hydrogens is 322 g/mol. The molecule has 4 rings (SSSR count). The third-order valence-electron chi connectivity index (χ3n) is 6.15. The molecule has 0 saturated heterocycles. The number of nitrogens with zero attached hydrogens (tertiary/aromatic N) is 1. The van der Waals surface area contributed by atoms with Crippen molar-refractivity contribution in [3.05, 3.63) is 53.8 Å². The van der Waals surface area contributed by atoms with E-state index >= 15 is 0 Å². The third-order valence-corrected chi connectivity index (χ3v) is 6.15. The predicted octanol–water partition coefficient (Wildman–Crippen LogP) is 3.59. The number of carbonyl (C=O) groups is 1. The van der Waals surface area contributed by atoms with Gasteiger partial charge < -0.3 is 10.7 Å². The van der Waals surface area contributed by atoms with Crippen molar-refractivity contribution in [2.24, 2.45) is 11.7 Å². The van der Waals surface area contributed by atoms with Gasteiger partial charge in [0.25, 0.3) is 0 Å². The van der Waals surface area contributed by atoms with Gasteiger partial charge in [0.05, 0.1) is 5.92 Å². The summed E-state index contributed by atoms with van der Waals surface area (Å²) >= 11 is 0. The average molecular weight is 349 g/mol. The summed E-state index contributed by atoms with van der Waals surface area (Å²) in [4.78, 5) is 17.8. The van der Waals surface area contributed by atoms with E-state index in [4.69, 9.17) is 5.73 Å². The van der Waals surface area contributed by atoms with Crippen molar-refractivity contribution in [3.8, 4) is 0 Å². The molecule has 2 unspecified atom stereocenters. The van der Waals surface area contributed by atoms with E-state index in [0.717, 1.165) is 19.4 Å². The van der Waals surface area contributed by atoms with Crippen LogP contribution in [0.15, 0.2) is 37.1 Å². The molecule has 3 N–H and O–H groups in total. The van der Waals surface area contributed by atoms with E-state index in [1.807, 2.05) is 6.08 Å². The highest BCUT2D eigenvalue weighted by Gasteiger charge is 2.37. The Morgan fingerprint density at radius 3 is 3.00 bits per heavy atom. The Hall–Kier alpha value is -2.33. The fourth-order valence-corrected chi connectivity index (χ4v) is 4.61. The number of hydrogen-bond acceptors (Lipinski definition) is 2. The number of benzene rings is 1. The molecule has 2 aromatic rings. The quantitative estimate of drug-likeness (QED) is 0.810. The number of hydrogen-bond donors (Lipinski definition) is 2. The Balaban J connectivity index is 1.97. The minimum Gasteiger partial charge on any atom is -0.369 e. The summed E-state index contributed by atoms with van der Waals surface area (Å²) < 4.78 is 0. The molecule has 26 heavy (non-hydrogen) atoms. The van der Waals surface area contributed by atoms with E-state index in [9.17, 15) is 4.79 Å². The summed E-state index contributed by atoms with van der Waals surface area (Å²) in [5.41, 5.74) is 12.2. The zero-order valence-electron chi connectivity index (χ0n) is 15.6. The number of H-pyrrole nitrogens is 1. The summed E-state index contributed by atoms with van der Waals surface area (Å²) in [5.74, 6) is -0.0255. The van der Waals surface area contributed by atoms with Crippen LogP contribution in [0, 0.1) is 5.92 Å². The monoisotopic (exact) mass is 349 g/mol. The number of aromatic nitrogens is 1. The molecule has 1 amide bonds. The van der Waals surface area contributed by atoms with Crippen molar-refractivity contribution in [2.75, 3.05) is 13.1 Å². The van der Waals surface area contributed by atoms with Gasteiger partial charge in [0.15, 0.2) is 0 Å². The lowest BCUT2D eigenvalue weighted by atomic mass is 9.75. The number of amides is 1. The lowest BCUT2D eigenvalue weighted by molar-refractivity contribution is -0.121. The number of nitrogens with one attached hydrogen (secondary N) is 1. The summed E-state index contributed by atoms with van der Waals surface area (Å²) in [6, 6.07) is 4.72. The van der Waals surface area contributed by atoms with Crippen LogP contribution in [-0.2, 0) is 11.2 Å². The lowest BCUT2D eigenvalue weighted by Gasteiger charge is -2.41. The zero-order valence-corrected chi connectivity index (χ0v) is 15.6. The van der Waals surface area contributed by atoms with Crippen LogP contribution in [0.4, 0.5) is 0 Å². The number of fused-ring (bicyclic) bond motifs is 2. The van der Waals surface area contributed by atoms with E-state index < -0.39 is 0 Å². The molecule has 2 heterocycles. The first kappa shape index (κ1) is 17.1. The average Bonchev–Trinajstić information content (AvgIpc) is 3.05. The summed E-state index contributed by atoms with van der Waals surface area (Å²) in [7, 11) is 0. The first-order valence-corrected chi connectivity index (χ1v) is 9.54. The molecular formula is C22H27N3O. The standard InChI is InChI=1S/C22H27N3O/c1-4-8-25-12-15(22(23)26)9-17-19(25)10-14-11-24-18-7-6-16(13(3)5-2)21(17)20(14)18/h4,6-7,9,11,13,15,19,24H,1,5,8,10,12H2,2-3H3,(H2,23,26)/t13-,15?,19?/m1/s1. The molecule has 1 aliphatic heterocycles. The van der Waals surface area contributed by atoms with Crippen LogP contribution >= 0.6 is 0 Å². The normalized spacial score (nSPS) is 23.4. The Morgan fingerprint density at radius 2 is 2.31 bits per heavy atom. The highest BCUT2D eigenvalue weighted by atomic mass is 16.1. The van der Waals surface area contributed by atoms with E-state index in [0.29, 0.717) is 12.5 Å². The minimum absolute atomic E-state index is 0.248. The zero-order chi connectivity index (χ0) is 18.4. The molecule has 0 radical (unpaired) electrons. The van der Waals surface area contributed by atoms with Crippen molar-refractivity contribution >= 4 is 22.4 Å². The van der Waals surface area contributed by atoms with Gasteiger partial charge in [0.2, 0.25) is 5.91 Å². The molecule has 1 aromatic heterocycles. The first-order valence-electron chi connectivity index (χ1n) is 9.54. The number of nitrogens with two attached hydrogens (primary N) is 1. The van der Waals surface area contributed by atoms with Gasteiger partial charge in [-0.1, -0.05) is 32.1 Å². The molecule has 0 bridgehead atoms. The van der Waals surface area contributed by atoms with Crippen LogP contribution in [0.2, 0.25) is 0 Å². The van der Waals surface area contributed by atoms with Crippen LogP contribution in [-0.4, -0.2) is 34.9 Å². The maximum Gasteiger partial charge on any atom is 0.225 e. The topological polar surface area (TPSA) is 62.1 Å². The predicted molar refractivity (Wildman–Crippen MR) is 107 cm³/mol. The first-order chi connectivity index (χ1) is 12.5. The molecule has 3 atom stereocenters. The summed E-state index contributed by atoms with van der Waals surface area (Å²) in [6.45, 7) is 9.85. The Kier molecular flexibility index (Phi) is 4.23. The van der Waals surface area contributed by atoms with E-state index in [1.165, 1.54) is 33.2 Å². The highest BCUT2D eigenvalue weighted by molar-refractivity contribution is 6.00. The SMILES string of the molecule is C=CCN1CC(C(N)=O)C=C2c3c([C@H](C)CC)ccc4[nH]cc(c34)CC21. The second-order valence-corrected chi connectivity index (χ2v) is 7.67. The van der Waals surface area contributed by atoms with Crippen LogP contribution in [0.25, 0.3) is 16.5 Å². The lowest BCUT2D eigenvalue weighted by Crippen LogP contribution is -2.47. The minimum atomic E-state index is -0.248. The van der Waals surface area contributed by atoms with Gasteiger partial charge in [-0.2, -0.15) is 0 Å². The molecule has 0 saturated carbocycles. The van der Waals surface area contributed by atoms with Gasteiger partial charge in [-0.05, 0) is 47.1 Å². The third kappa shape index (κ3) is 2.52. The van der Waals surface area contributed by atoms with Gasteiger partial charge in [-0.15, -0.1) is 6.58 Å². The molecule has 4 heteroatoms. The highest BCUT2D eigenvalue weighted by Crippen LogP contribution is 2.44.